The maximum absolute atomic E-state index is 12.0. The maximum Gasteiger partial charge on any atom is 0.237 e. The maximum atomic E-state index is 12.0. The second kappa shape index (κ2) is 7.38. The number of aliphatic hydroxyl groups excluding tert-OH is 1. The van der Waals surface area contributed by atoms with E-state index in [4.69, 9.17) is 5.11 Å². The van der Waals surface area contributed by atoms with Gasteiger partial charge in [0.15, 0.2) is 9.84 Å². The van der Waals surface area contributed by atoms with Gasteiger partial charge in [-0.05, 0) is 12.3 Å². The molecule has 0 bridgehead atoms. The molecule has 1 fully saturated rings. The second-order valence-electron chi connectivity index (χ2n) is 5.96. The molecule has 0 unspecified atom stereocenters. The number of sulfone groups is 1. The summed E-state index contributed by atoms with van der Waals surface area (Å²) in [5.41, 5.74) is 0. The van der Waals surface area contributed by atoms with Gasteiger partial charge in [0, 0.05) is 45.1 Å². The first-order valence-electron chi connectivity index (χ1n) is 7.03. The summed E-state index contributed by atoms with van der Waals surface area (Å²) in [6.07, 6.45) is 1.68. The Labute approximate surface area is 121 Å². The molecule has 6 nitrogen and oxygen atoms in total. The molecule has 7 heteroatoms. The molecule has 0 saturated carbocycles. The Kier molecular flexibility index (Phi) is 6.42. The Morgan fingerprint density at radius 3 is 2.50 bits per heavy atom. The predicted octanol–water partition coefficient (Wildman–Crippen LogP) is -0.418. The molecule has 1 amide bonds. The average Bonchev–Trinajstić information content (AvgIpc) is 2.28. The molecule has 1 aliphatic rings. The van der Waals surface area contributed by atoms with E-state index in [1.807, 2.05) is 0 Å². The number of hydrogen-bond donors (Lipinski definition) is 1. The molecule has 0 aromatic rings. The Hall–Kier alpha value is -0.660. The van der Waals surface area contributed by atoms with Gasteiger partial charge in [-0.2, -0.15) is 0 Å². The zero-order chi connectivity index (χ0) is 15.3. The fourth-order valence-corrected chi connectivity index (χ4v) is 3.20. The first-order valence-corrected chi connectivity index (χ1v) is 9.09. The van der Waals surface area contributed by atoms with Crippen LogP contribution in [-0.4, -0.2) is 80.1 Å². The Bertz CT molecular complexity index is 422. The summed E-state index contributed by atoms with van der Waals surface area (Å²) in [4.78, 5) is 15.9. The van der Waals surface area contributed by atoms with Gasteiger partial charge in [0.1, 0.15) is 5.75 Å². The molecule has 20 heavy (non-hydrogen) atoms. The highest BCUT2D eigenvalue weighted by Gasteiger charge is 2.30. The van der Waals surface area contributed by atoms with E-state index in [1.54, 1.807) is 4.90 Å². The summed E-state index contributed by atoms with van der Waals surface area (Å²) in [6.45, 7) is 7.07. The summed E-state index contributed by atoms with van der Waals surface area (Å²) in [7, 11) is -3.29. The lowest BCUT2D eigenvalue weighted by molar-refractivity contribution is -0.131. The average molecular weight is 306 g/mol. The van der Waals surface area contributed by atoms with Crippen molar-refractivity contribution in [2.24, 2.45) is 5.92 Å². The van der Waals surface area contributed by atoms with E-state index in [1.165, 1.54) is 0 Å². The first kappa shape index (κ1) is 17.4. The number of piperazine rings is 1. The number of nitrogens with zero attached hydrogens (tertiary/aromatic N) is 2. The molecule has 1 atom stereocenters. The fourth-order valence-electron chi connectivity index (χ4n) is 2.57. The van der Waals surface area contributed by atoms with Crippen LogP contribution in [0, 0.1) is 5.92 Å². The standard InChI is InChI=1S/C13H26N2O4S/c1-11(2)8-14-5-6-15(9-12(14)4-7-16)13(17)10-20(3,18)19/h11-12,16H,4-10H2,1-3H3/t12-/m1/s1. The van der Waals surface area contributed by atoms with Crippen molar-refractivity contribution >= 4 is 15.7 Å². The molecular formula is C13H26N2O4S. The van der Waals surface area contributed by atoms with Crippen LogP contribution < -0.4 is 0 Å². The minimum atomic E-state index is -3.29. The fraction of sp³-hybridized carbons (Fsp3) is 0.923. The predicted molar refractivity (Wildman–Crippen MR) is 78.2 cm³/mol. The van der Waals surface area contributed by atoms with Crippen LogP contribution in [-0.2, 0) is 14.6 Å². The highest BCUT2D eigenvalue weighted by Crippen LogP contribution is 2.15. The van der Waals surface area contributed by atoms with Gasteiger partial charge in [-0.15, -0.1) is 0 Å². The third-order valence-electron chi connectivity index (χ3n) is 3.41. The Morgan fingerprint density at radius 2 is 2.00 bits per heavy atom. The molecule has 118 valence electrons. The molecule has 1 saturated heterocycles. The Morgan fingerprint density at radius 1 is 1.35 bits per heavy atom. The van der Waals surface area contributed by atoms with E-state index >= 15 is 0 Å². The van der Waals surface area contributed by atoms with Crippen molar-refractivity contribution in [1.29, 1.82) is 0 Å². The van der Waals surface area contributed by atoms with Gasteiger partial charge in [-0.1, -0.05) is 13.8 Å². The van der Waals surface area contributed by atoms with E-state index < -0.39 is 15.6 Å². The molecule has 1 N–H and O–H groups in total. The minimum absolute atomic E-state index is 0.0768. The van der Waals surface area contributed by atoms with Crippen molar-refractivity contribution < 1.29 is 18.3 Å². The van der Waals surface area contributed by atoms with Gasteiger partial charge in [-0.25, -0.2) is 8.42 Å². The molecular weight excluding hydrogens is 280 g/mol. The number of carbonyl (C=O) groups is 1. The second-order valence-corrected chi connectivity index (χ2v) is 8.10. The molecule has 0 radical (unpaired) electrons. The van der Waals surface area contributed by atoms with Crippen LogP contribution in [0.4, 0.5) is 0 Å². The first-order chi connectivity index (χ1) is 9.23. The molecule has 1 heterocycles. The molecule has 1 rings (SSSR count). The summed E-state index contributed by atoms with van der Waals surface area (Å²) < 4.78 is 22.4. The molecule has 0 spiro atoms. The summed E-state index contributed by atoms with van der Waals surface area (Å²) in [5, 5.41) is 9.16. The molecule has 0 aromatic heterocycles. The number of hydrogen-bond acceptors (Lipinski definition) is 5. The van der Waals surface area contributed by atoms with Crippen LogP contribution in [0.25, 0.3) is 0 Å². The smallest absolute Gasteiger partial charge is 0.237 e. The molecule has 1 aliphatic heterocycles. The number of carbonyl (C=O) groups excluding carboxylic acids is 1. The quantitative estimate of drug-likeness (QED) is 0.721. The zero-order valence-electron chi connectivity index (χ0n) is 12.6. The summed E-state index contributed by atoms with van der Waals surface area (Å²) in [5.74, 6) is -0.239. The van der Waals surface area contributed by atoms with Crippen molar-refractivity contribution in [2.75, 3.05) is 44.8 Å². The van der Waals surface area contributed by atoms with Crippen LogP contribution in [0.2, 0.25) is 0 Å². The number of rotatable bonds is 6. The van der Waals surface area contributed by atoms with Crippen LogP contribution in [0.5, 0.6) is 0 Å². The van der Waals surface area contributed by atoms with Gasteiger partial charge >= 0.3 is 0 Å². The van der Waals surface area contributed by atoms with Crippen molar-refractivity contribution in [3.8, 4) is 0 Å². The third kappa shape index (κ3) is 5.76. The van der Waals surface area contributed by atoms with Gasteiger partial charge < -0.3 is 10.0 Å². The van der Waals surface area contributed by atoms with Gasteiger partial charge in [0.05, 0.1) is 0 Å². The van der Waals surface area contributed by atoms with Crippen LogP contribution in [0.1, 0.15) is 20.3 Å². The number of aliphatic hydroxyl groups is 1. The lowest BCUT2D eigenvalue weighted by Crippen LogP contribution is -2.56. The normalized spacial score (nSPS) is 21.4. The highest BCUT2D eigenvalue weighted by molar-refractivity contribution is 7.91. The lowest BCUT2D eigenvalue weighted by atomic mass is 10.1. The van der Waals surface area contributed by atoms with Crippen molar-refractivity contribution in [3.05, 3.63) is 0 Å². The van der Waals surface area contributed by atoms with E-state index in [2.05, 4.69) is 18.7 Å². The van der Waals surface area contributed by atoms with Crippen LogP contribution >= 0.6 is 0 Å². The van der Waals surface area contributed by atoms with Crippen LogP contribution in [0.3, 0.4) is 0 Å². The highest BCUT2D eigenvalue weighted by atomic mass is 32.2. The minimum Gasteiger partial charge on any atom is -0.396 e. The van der Waals surface area contributed by atoms with Crippen molar-refractivity contribution in [2.45, 2.75) is 26.3 Å². The lowest BCUT2D eigenvalue weighted by Gasteiger charge is -2.42. The van der Waals surface area contributed by atoms with Crippen LogP contribution in [0.15, 0.2) is 0 Å². The van der Waals surface area contributed by atoms with E-state index in [0.717, 1.165) is 19.3 Å². The largest absolute Gasteiger partial charge is 0.396 e. The monoisotopic (exact) mass is 306 g/mol. The SMILES string of the molecule is CC(C)CN1CCN(C(=O)CS(C)(=O)=O)C[C@H]1CCO. The Balaban J connectivity index is 2.65. The van der Waals surface area contributed by atoms with Gasteiger partial charge in [0.2, 0.25) is 5.91 Å². The van der Waals surface area contributed by atoms with Crippen molar-refractivity contribution in [1.82, 2.24) is 9.80 Å². The zero-order valence-corrected chi connectivity index (χ0v) is 13.4. The summed E-state index contributed by atoms with van der Waals surface area (Å²) >= 11 is 0. The summed E-state index contributed by atoms with van der Waals surface area (Å²) in [6, 6.07) is 0.111. The van der Waals surface area contributed by atoms with Gasteiger partial charge in [-0.3, -0.25) is 9.69 Å². The molecule has 0 aromatic carbocycles. The number of amides is 1. The van der Waals surface area contributed by atoms with E-state index in [0.29, 0.717) is 25.4 Å². The van der Waals surface area contributed by atoms with E-state index in [-0.39, 0.29) is 18.6 Å². The van der Waals surface area contributed by atoms with Gasteiger partial charge in [0.25, 0.3) is 0 Å². The molecule has 0 aliphatic carbocycles. The van der Waals surface area contributed by atoms with E-state index in [9.17, 15) is 13.2 Å². The van der Waals surface area contributed by atoms with Crippen molar-refractivity contribution in [3.63, 3.8) is 0 Å². The topological polar surface area (TPSA) is 77.9 Å². The third-order valence-corrected chi connectivity index (χ3v) is 4.18.